The van der Waals surface area contributed by atoms with Crippen molar-refractivity contribution in [2.45, 2.75) is 11.3 Å². The topological polar surface area (TPSA) is 29.1 Å². The van der Waals surface area contributed by atoms with Crippen LogP contribution in [-0.4, -0.2) is 18.7 Å². The lowest BCUT2D eigenvalue weighted by Gasteiger charge is -2.06. The second-order valence-electron chi connectivity index (χ2n) is 4.36. The van der Waals surface area contributed by atoms with Crippen LogP contribution in [0, 0.1) is 0 Å². The van der Waals surface area contributed by atoms with Crippen LogP contribution in [0.1, 0.15) is 15.9 Å². The Morgan fingerprint density at radius 1 is 1.10 bits per heavy atom. The molecule has 0 heterocycles. The predicted octanol–water partition coefficient (Wildman–Crippen LogP) is 4.03. The smallest absolute Gasteiger partial charge is 0.251 e. The molecular weight excluding hydrogens is 290 g/mol. The summed E-state index contributed by atoms with van der Waals surface area (Å²) in [4.78, 5) is 13.1. The Labute approximate surface area is 128 Å². The predicted molar refractivity (Wildman–Crippen MR) is 85.7 cm³/mol. The van der Waals surface area contributed by atoms with Crippen molar-refractivity contribution in [3.8, 4) is 0 Å². The van der Waals surface area contributed by atoms with Crippen LogP contribution in [0.4, 0.5) is 0 Å². The zero-order valence-corrected chi connectivity index (χ0v) is 12.8. The summed E-state index contributed by atoms with van der Waals surface area (Å²) in [6.45, 7) is 0.616. The number of carbonyl (C=O) groups is 1. The molecule has 4 heteroatoms. The molecule has 0 aliphatic heterocycles. The van der Waals surface area contributed by atoms with Gasteiger partial charge in [-0.25, -0.2) is 0 Å². The molecule has 0 fully saturated rings. The standard InChI is InChI=1S/C16H16ClNOS/c1-20-15-8-4-13(5-9-15)16(19)18-11-10-12-2-6-14(17)7-3-12/h2-9H,10-11H2,1H3,(H,18,19). The summed E-state index contributed by atoms with van der Waals surface area (Å²) in [5.41, 5.74) is 1.85. The van der Waals surface area contributed by atoms with Gasteiger partial charge < -0.3 is 5.32 Å². The molecule has 2 aromatic carbocycles. The van der Waals surface area contributed by atoms with E-state index in [0.29, 0.717) is 12.1 Å². The number of amides is 1. The SMILES string of the molecule is CSc1ccc(C(=O)NCCc2ccc(Cl)cc2)cc1. The first-order chi connectivity index (χ1) is 9.69. The van der Waals surface area contributed by atoms with Gasteiger partial charge in [0.1, 0.15) is 0 Å². The van der Waals surface area contributed by atoms with E-state index in [4.69, 9.17) is 11.6 Å². The number of thioether (sulfide) groups is 1. The molecule has 0 saturated carbocycles. The van der Waals surface area contributed by atoms with Crippen molar-refractivity contribution in [1.29, 1.82) is 0 Å². The lowest BCUT2D eigenvalue weighted by Crippen LogP contribution is -2.25. The minimum absolute atomic E-state index is 0.0355. The highest BCUT2D eigenvalue weighted by Crippen LogP contribution is 2.14. The fraction of sp³-hybridized carbons (Fsp3) is 0.188. The number of halogens is 1. The quantitative estimate of drug-likeness (QED) is 0.845. The third-order valence-electron chi connectivity index (χ3n) is 2.96. The highest BCUT2D eigenvalue weighted by molar-refractivity contribution is 7.98. The van der Waals surface area contributed by atoms with E-state index in [2.05, 4.69) is 5.32 Å². The van der Waals surface area contributed by atoms with Crippen LogP contribution < -0.4 is 5.32 Å². The van der Waals surface area contributed by atoms with Gasteiger partial charge in [-0.15, -0.1) is 11.8 Å². The van der Waals surface area contributed by atoms with Crippen molar-refractivity contribution in [1.82, 2.24) is 5.32 Å². The van der Waals surface area contributed by atoms with Crippen LogP contribution in [0.2, 0.25) is 5.02 Å². The van der Waals surface area contributed by atoms with Crippen molar-refractivity contribution >= 4 is 29.3 Å². The molecular formula is C16H16ClNOS. The molecule has 20 heavy (non-hydrogen) atoms. The lowest BCUT2D eigenvalue weighted by atomic mass is 10.1. The van der Waals surface area contributed by atoms with Crippen molar-refractivity contribution < 1.29 is 4.79 Å². The normalized spacial score (nSPS) is 10.3. The van der Waals surface area contributed by atoms with Gasteiger partial charge in [-0.05, 0) is 54.6 Å². The number of carbonyl (C=O) groups excluding carboxylic acids is 1. The fourth-order valence-corrected chi connectivity index (χ4v) is 2.35. The summed E-state index contributed by atoms with van der Waals surface area (Å²) in [7, 11) is 0. The van der Waals surface area contributed by atoms with Crippen LogP contribution >= 0.6 is 23.4 Å². The minimum Gasteiger partial charge on any atom is -0.352 e. The van der Waals surface area contributed by atoms with Crippen molar-refractivity contribution in [3.63, 3.8) is 0 Å². The molecule has 0 saturated heterocycles. The van der Waals surface area contributed by atoms with Gasteiger partial charge in [-0.2, -0.15) is 0 Å². The lowest BCUT2D eigenvalue weighted by molar-refractivity contribution is 0.0954. The van der Waals surface area contributed by atoms with E-state index in [1.54, 1.807) is 11.8 Å². The highest BCUT2D eigenvalue weighted by Gasteiger charge is 2.04. The van der Waals surface area contributed by atoms with E-state index in [9.17, 15) is 4.79 Å². The van der Waals surface area contributed by atoms with E-state index in [-0.39, 0.29) is 5.91 Å². The Hall–Kier alpha value is -1.45. The van der Waals surface area contributed by atoms with E-state index in [1.165, 1.54) is 0 Å². The molecule has 2 rings (SSSR count). The molecule has 0 aliphatic carbocycles. The molecule has 0 aromatic heterocycles. The Morgan fingerprint density at radius 2 is 1.75 bits per heavy atom. The molecule has 2 aromatic rings. The van der Waals surface area contributed by atoms with Gasteiger partial charge in [-0.1, -0.05) is 23.7 Å². The van der Waals surface area contributed by atoms with Crippen molar-refractivity contribution in [2.75, 3.05) is 12.8 Å². The largest absolute Gasteiger partial charge is 0.352 e. The third kappa shape index (κ3) is 4.29. The number of hydrogen-bond donors (Lipinski definition) is 1. The molecule has 2 nitrogen and oxygen atoms in total. The van der Waals surface area contributed by atoms with Gasteiger partial charge in [-0.3, -0.25) is 4.79 Å². The average molecular weight is 306 g/mol. The maximum atomic E-state index is 11.9. The highest BCUT2D eigenvalue weighted by atomic mass is 35.5. The van der Waals surface area contributed by atoms with E-state index in [1.807, 2.05) is 54.8 Å². The minimum atomic E-state index is -0.0355. The molecule has 0 radical (unpaired) electrons. The van der Waals surface area contributed by atoms with Crippen LogP contribution in [0.25, 0.3) is 0 Å². The molecule has 104 valence electrons. The van der Waals surface area contributed by atoms with Crippen LogP contribution in [0.15, 0.2) is 53.4 Å². The van der Waals surface area contributed by atoms with Crippen LogP contribution in [0.3, 0.4) is 0 Å². The second kappa shape index (κ2) is 7.36. The zero-order valence-electron chi connectivity index (χ0n) is 11.2. The summed E-state index contributed by atoms with van der Waals surface area (Å²) in [5, 5.41) is 3.65. The second-order valence-corrected chi connectivity index (χ2v) is 5.68. The molecule has 0 bridgehead atoms. The number of hydrogen-bond acceptors (Lipinski definition) is 2. The van der Waals surface area contributed by atoms with E-state index < -0.39 is 0 Å². The fourth-order valence-electron chi connectivity index (χ4n) is 1.82. The molecule has 0 aliphatic rings. The van der Waals surface area contributed by atoms with Gasteiger partial charge in [0.25, 0.3) is 5.91 Å². The van der Waals surface area contributed by atoms with Gasteiger partial charge >= 0.3 is 0 Å². The molecule has 1 amide bonds. The Balaban J connectivity index is 1.83. The first-order valence-electron chi connectivity index (χ1n) is 6.36. The Morgan fingerprint density at radius 3 is 2.35 bits per heavy atom. The number of nitrogens with one attached hydrogen (secondary N) is 1. The summed E-state index contributed by atoms with van der Waals surface area (Å²) in [6, 6.07) is 15.3. The number of benzene rings is 2. The Kier molecular flexibility index (Phi) is 5.50. The third-order valence-corrected chi connectivity index (χ3v) is 3.96. The van der Waals surface area contributed by atoms with Gasteiger partial charge in [0.05, 0.1) is 0 Å². The van der Waals surface area contributed by atoms with Gasteiger partial charge in [0, 0.05) is 22.0 Å². The molecule has 0 spiro atoms. The Bertz CT molecular complexity index is 566. The summed E-state index contributed by atoms with van der Waals surface area (Å²) in [6.07, 6.45) is 2.81. The van der Waals surface area contributed by atoms with Gasteiger partial charge in [0.15, 0.2) is 0 Å². The van der Waals surface area contributed by atoms with Crippen molar-refractivity contribution in [2.24, 2.45) is 0 Å². The molecule has 0 unspecified atom stereocenters. The van der Waals surface area contributed by atoms with E-state index in [0.717, 1.165) is 21.9 Å². The maximum absolute atomic E-state index is 11.9. The van der Waals surface area contributed by atoms with Crippen LogP contribution in [-0.2, 0) is 6.42 Å². The van der Waals surface area contributed by atoms with Crippen LogP contribution in [0.5, 0.6) is 0 Å². The zero-order chi connectivity index (χ0) is 14.4. The molecule has 0 atom stereocenters. The van der Waals surface area contributed by atoms with Gasteiger partial charge in [0.2, 0.25) is 0 Å². The first kappa shape index (κ1) is 14.9. The van der Waals surface area contributed by atoms with Crippen molar-refractivity contribution in [3.05, 3.63) is 64.7 Å². The first-order valence-corrected chi connectivity index (χ1v) is 7.96. The number of rotatable bonds is 5. The molecule has 1 N–H and O–H groups in total. The van der Waals surface area contributed by atoms with E-state index >= 15 is 0 Å². The summed E-state index contributed by atoms with van der Waals surface area (Å²) >= 11 is 7.49. The average Bonchev–Trinajstić information content (AvgIpc) is 2.49. The summed E-state index contributed by atoms with van der Waals surface area (Å²) in [5.74, 6) is -0.0355. The maximum Gasteiger partial charge on any atom is 0.251 e. The summed E-state index contributed by atoms with van der Waals surface area (Å²) < 4.78 is 0. The monoisotopic (exact) mass is 305 g/mol.